The predicted molar refractivity (Wildman–Crippen MR) is 70.5 cm³/mol. The van der Waals surface area contributed by atoms with E-state index in [0.717, 1.165) is 21.3 Å². The molecule has 2 aromatic heterocycles. The van der Waals surface area contributed by atoms with Gasteiger partial charge in [0.15, 0.2) is 0 Å². The normalized spacial score (nSPS) is 11.0. The van der Waals surface area contributed by atoms with E-state index in [1.54, 1.807) is 23.9 Å². The molecule has 0 atom stereocenters. The number of rotatable bonds is 2. The number of benzene rings is 1. The summed E-state index contributed by atoms with van der Waals surface area (Å²) in [5.41, 5.74) is 1.91. The SMILES string of the molecule is Cc1nc2ccccn2c1Sc1ccc(F)cc1. The molecule has 18 heavy (non-hydrogen) atoms. The molecule has 3 rings (SSSR count). The second-order valence-corrected chi connectivity index (χ2v) is 5.05. The van der Waals surface area contributed by atoms with Crippen LogP contribution in [-0.4, -0.2) is 9.38 Å². The maximum absolute atomic E-state index is 12.9. The Bertz CT molecular complexity index is 689. The third-order valence-corrected chi connectivity index (χ3v) is 3.87. The van der Waals surface area contributed by atoms with Gasteiger partial charge in [0.2, 0.25) is 0 Å². The molecule has 0 saturated heterocycles. The van der Waals surface area contributed by atoms with Crippen LogP contribution >= 0.6 is 11.8 Å². The molecule has 0 bridgehead atoms. The largest absolute Gasteiger partial charge is 0.294 e. The highest BCUT2D eigenvalue weighted by atomic mass is 32.2. The molecule has 0 saturated carbocycles. The van der Waals surface area contributed by atoms with Crippen LogP contribution in [0.5, 0.6) is 0 Å². The summed E-state index contributed by atoms with van der Waals surface area (Å²) in [6, 6.07) is 12.4. The topological polar surface area (TPSA) is 17.3 Å². The van der Waals surface area contributed by atoms with Crippen molar-refractivity contribution >= 4 is 17.4 Å². The zero-order valence-electron chi connectivity index (χ0n) is 9.80. The van der Waals surface area contributed by atoms with E-state index in [2.05, 4.69) is 4.98 Å². The Hall–Kier alpha value is -1.81. The van der Waals surface area contributed by atoms with Crippen molar-refractivity contribution in [3.8, 4) is 0 Å². The molecule has 0 unspecified atom stereocenters. The fourth-order valence-electron chi connectivity index (χ4n) is 1.83. The molecule has 0 aliphatic heterocycles. The molecule has 2 heterocycles. The number of imidazole rings is 1. The molecule has 2 nitrogen and oxygen atoms in total. The van der Waals surface area contributed by atoms with E-state index in [4.69, 9.17) is 0 Å². The molecule has 4 heteroatoms. The summed E-state index contributed by atoms with van der Waals surface area (Å²) in [5.74, 6) is -0.214. The number of hydrogen-bond donors (Lipinski definition) is 0. The highest BCUT2D eigenvalue weighted by molar-refractivity contribution is 7.99. The van der Waals surface area contributed by atoms with E-state index in [0.29, 0.717) is 0 Å². The van der Waals surface area contributed by atoms with Crippen LogP contribution in [0.2, 0.25) is 0 Å². The van der Waals surface area contributed by atoms with Gasteiger partial charge in [0, 0.05) is 11.1 Å². The van der Waals surface area contributed by atoms with Crippen molar-refractivity contribution < 1.29 is 4.39 Å². The van der Waals surface area contributed by atoms with Crippen LogP contribution in [0.3, 0.4) is 0 Å². The Kier molecular flexibility index (Phi) is 2.80. The molecular weight excluding hydrogens is 247 g/mol. The van der Waals surface area contributed by atoms with Crippen LogP contribution in [0.4, 0.5) is 4.39 Å². The Morgan fingerprint density at radius 2 is 1.89 bits per heavy atom. The summed E-state index contributed by atoms with van der Waals surface area (Å²) in [6.07, 6.45) is 1.99. The van der Waals surface area contributed by atoms with Gasteiger partial charge in [0.1, 0.15) is 16.5 Å². The lowest BCUT2D eigenvalue weighted by molar-refractivity contribution is 0.626. The van der Waals surface area contributed by atoms with E-state index in [-0.39, 0.29) is 5.82 Å². The minimum Gasteiger partial charge on any atom is -0.294 e. The fourth-order valence-corrected chi connectivity index (χ4v) is 2.77. The average Bonchev–Trinajstić information content (AvgIpc) is 2.69. The van der Waals surface area contributed by atoms with Gasteiger partial charge >= 0.3 is 0 Å². The van der Waals surface area contributed by atoms with Gasteiger partial charge < -0.3 is 0 Å². The second-order valence-electron chi connectivity index (χ2n) is 3.99. The van der Waals surface area contributed by atoms with Crippen LogP contribution < -0.4 is 0 Å². The van der Waals surface area contributed by atoms with Crippen molar-refractivity contribution in [1.82, 2.24) is 9.38 Å². The highest BCUT2D eigenvalue weighted by Crippen LogP contribution is 2.30. The summed E-state index contributed by atoms with van der Waals surface area (Å²) in [4.78, 5) is 5.50. The third-order valence-electron chi connectivity index (χ3n) is 2.68. The third kappa shape index (κ3) is 1.99. The lowest BCUT2D eigenvalue weighted by Gasteiger charge is -2.02. The van der Waals surface area contributed by atoms with E-state index >= 15 is 0 Å². The zero-order valence-corrected chi connectivity index (χ0v) is 10.6. The van der Waals surface area contributed by atoms with Crippen molar-refractivity contribution in [2.45, 2.75) is 16.8 Å². The second kappa shape index (κ2) is 4.46. The highest BCUT2D eigenvalue weighted by Gasteiger charge is 2.09. The quantitative estimate of drug-likeness (QED) is 0.693. The van der Waals surface area contributed by atoms with Crippen molar-refractivity contribution in [3.63, 3.8) is 0 Å². The smallest absolute Gasteiger partial charge is 0.137 e. The van der Waals surface area contributed by atoms with Gasteiger partial charge in [-0.05, 0) is 43.3 Å². The summed E-state index contributed by atoms with van der Waals surface area (Å²) in [6.45, 7) is 1.98. The van der Waals surface area contributed by atoms with Crippen molar-refractivity contribution in [3.05, 3.63) is 60.2 Å². The molecule has 3 aromatic rings. The van der Waals surface area contributed by atoms with E-state index in [1.165, 1.54) is 12.1 Å². The number of halogens is 1. The maximum atomic E-state index is 12.9. The van der Waals surface area contributed by atoms with Crippen LogP contribution in [-0.2, 0) is 0 Å². The Labute approximate surface area is 108 Å². The minimum absolute atomic E-state index is 0.214. The first kappa shape index (κ1) is 11.3. The summed E-state index contributed by atoms with van der Waals surface area (Å²) >= 11 is 1.59. The van der Waals surface area contributed by atoms with E-state index in [9.17, 15) is 4.39 Å². The lowest BCUT2D eigenvalue weighted by Crippen LogP contribution is -1.86. The molecular formula is C14H11FN2S. The average molecular weight is 258 g/mol. The number of pyridine rings is 1. The summed E-state index contributed by atoms with van der Waals surface area (Å²) < 4.78 is 14.9. The number of nitrogens with zero attached hydrogens (tertiary/aromatic N) is 2. The summed E-state index contributed by atoms with van der Waals surface area (Å²) in [5, 5.41) is 1.07. The lowest BCUT2D eigenvalue weighted by atomic mass is 10.4. The molecule has 1 aromatic carbocycles. The van der Waals surface area contributed by atoms with Gasteiger partial charge in [-0.2, -0.15) is 0 Å². The fraction of sp³-hybridized carbons (Fsp3) is 0.0714. The van der Waals surface area contributed by atoms with Gasteiger partial charge in [-0.15, -0.1) is 0 Å². The van der Waals surface area contributed by atoms with Crippen molar-refractivity contribution in [1.29, 1.82) is 0 Å². The Morgan fingerprint density at radius 1 is 1.11 bits per heavy atom. The van der Waals surface area contributed by atoms with Gasteiger partial charge in [0.05, 0.1) is 5.69 Å². The standard InChI is InChI=1S/C14H11FN2S/c1-10-14(17-9-3-2-4-13(17)16-10)18-12-7-5-11(15)6-8-12/h2-9H,1H3. The maximum Gasteiger partial charge on any atom is 0.137 e. The monoisotopic (exact) mass is 258 g/mol. The number of aromatic nitrogens is 2. The molecule has 0 N–H and O–H groups in total. The van der Waals surface area contributed by atoms with Gasteiger partial charge in [-0.25, -0.2) is 9.37 Å². The first-order chi connectivity index (χ1) is 8.74. The molecule has 0 amide bonds. The predicted octanol–water partition coefficient (Wildman–Crippen LogP) is 3.93. The Morgan fingerprint density at radius 3 is 2.67 bits per heavy atom. The molecule has 90 valence electrons. The van der Waals surface area contributed by atoms with E-state index in [1.807, 2.05) is 35.7 Å². The Balaban J connectivity index is 2.04. The van der Waals surface area contributed by atoms with Gasteiger partial charge in [-0.3, -0.25) is 4.40 Å². The number of fused-ring (bicyclic) bond motifs is 1. The first-order valence-corrected chi connectivity index (χ1v) is 6.43. The number of hydrogen-bond acceptors (Lipinski definition) is 2. The molecule has 0 aliphatic rings. The number of aryl methyl sites for hydroxylation is 1. The van der Waals surface area contributed by atoms with Crippen LogP contribution in [0.1, 0.15) is 5.69 Å². The van der Waals surface area contributed by atoms with Crippen molar-refractivity contribution in [2.24, 2.45) is 0 Å². The molecule has 0 radical (unpaired) electrons. The minimum atomic E-state index is -0.214. The molecule has 0 fully saturated rings. The van der Waals surface area contributed by atoms with Crippen molar-refractivity contribution in [2.75, 3.05) is 0 Å². The van der Waals surface area contributed by atoms with Crippen LogP contribution in [0.15, 0.2) is 58.6 Å². The van der Waals surface area contributed by atoms with Gasteiger partial charge in [-0.1, -0.05) is 17.8 Å². The van der Waals surface area contributed by atoms with Crippen LogP contribution in [0.25, 0.3) is 5.65 Å². The van der Waals surface area contributed by atoms with E-state index < -0.39 is 0 Å². The van der Waals surface area contributed by atoms with Gasteiger partial charge in [0.25, 0.3) is 0 Å². The first-order valence-electron chi connectivity index (χ1n) is 5.61. The molecule has 0 aliphatic carbocycles. The summed E-state index contributed by atoms with van der Waals surface area (Å²) in [7, 11) is 0. The van der Waals surface area contributed by atoms with Crippen LogP contribution in [0, 0.1) is 12.7 Å². The molecule has 0 spiro atoms. The zero-order chi connectivity index (χ0) is 12.5.